The molecule has 0 saturated carbocycles. The average molecular weight is 262 g/mol. The van der Waals surface area contributed by atoms with E-state index in [1.807, 2.05) is 19.1 Å². The van der Waals surface area contributed by atoms with Gasteiger partial charge in [0.1, 0.15) is 0 Å². The third-order valence-corrected chi connectivity index (χ3v) is 3.14. The summed E-state index contributed by atoms with van der Waals surface area (Å²) in [6.45, 7) is 1.97. The lowest BCUT2D eigenvalue weighted by atomic mass is 10.0. The zero-order chi connectivity index (χ0) is 13.1. The number of halogens is 1. The molecule has 0 aliphatic carbocycles. The van der Waals surface area contributed by atoms with E-state index in [1.54, 1.807) is 24.5 Å². The molecule has 0 atom stereocenters. The molecule has 0 saturated heterocycles. The fourth-order valence-corrected chi connectivity index (χ4v) is 2.06. The van der Waals surface area contributed by atoms with Crippen LogP contribution in [0.4, 0.5) is 0 Å². The van der Waals surface area contributed by atoms with Crippen molar-refractivity contribution in [3.63, 3.8) is 0 Å². The zero-order valence-corrected chi connectivity index (χ0v) is 10.9. The van der Waals surface area contributed by atoms with E-state index < -0.39 is 5.97 Å². The smallest absolute Gasteiger partial charge is 0.339 e. The highest BCUT2D eigenvalue weighted by Gasteiger charge is 2.15. The Kier molecular flexibility index (Phi) is 3.63. The van der Waals surface area contributed by atoms with Gasteiger partial charge in [-0.15, -0.1) is 0 Å². The summed E-state index contributed by atoms with van der Waals surface area (Å²) in [6, 6.07) is 7.18. The summed E-state index contributed by atoms with van der Waals surface area (Å²) in [6.07, 6.45) is 3.45. The second kappa shape index (κ2) is 5.19. The normalized spacial score (nSPS) is 10.2. The van der Waals surface area contributed by atoms with Gasteiger partial charge in [0.25, 0.3) is 0 Å². The molecule has 18 heavy (non-hydrogen) atoms. The molecule has 1 aromatic carbocycles. The van der Waals surface area contributed by atoms with Crippen molar-refractivity contribution in [3.8, 4) is 11.1 Å². The van der Waals surface area contributed by atoms with Crippen LogP contribution in [-0.4, -0.2) is 18.1 Å². The Balaban J connectivity index is 2.60. The Morgan fingerprint density at radius 1 is 1.28 bits per heavy atom. The monoisotopic (exact) mass is 261 g/mol. The molecule has 0 radical (unpaired) electrons. The van der Waals surface area contributed by atoms with Crippen molar-refractivity contribution >= 4 is 17.6 Å². The number of nitrogens with zero attached hydrogens (tertiary/aromatic N) is 1. The van der Waals surface area contributed by atoms with Crippen LogP contribution in [0.1, 0.15) is 15.9 Å². The van der Waals surface area contributed by atoms with Crippen LogP contribution in [0, 0.1) is 6.92 Å². The van der Waals surface area contributed by atoms with Gasteiger partial charge in [-0.05, 0) is 24.6 Å². The molecular weight excluding hydrogens is 250 g/mol. The van der Waals surface area contributed by atoms with Gasteiger partial charge in [-0.25, -0.2) is 4.79 Å². The van der Waals surface area contributed by atoms with Gasteiger partial charge >= 0.3 is 5.97 Å². The predicted octanol–water partition coefficient (Wildman–Crippen LogP) is 3.50. The number of carbonyl (C=O) groups excluding carboxylic acids is 1. The Morgan fingerprint density at radius 3 is 2.72 bits per heavy atom. The fraction of sp³-hybridized carbons (Fsp3) is 0.143. The molecule has 92 valence electrons. The number of rotatable bonds is 2. The number of aryl methyl sites for hydroxylation is 1. The molecule has 0 fully saturated rings. The van der Waals surface area contributed by atoms with Crippen LogP contribution in [-0.2, 0) is 4.74 Å². The molecule has 3 nitrogen and oxygen atoms in total. The van der Waals surface area contributed by atoms with Crippen molar-refractivity contribution < 1.29 is 9.53 Å². The van der Waals surface area contributed by atoms with Crippen LogP contribution in [0.3, 0.4) is 0 Å². The summed E-state index contributed by atoms with van der Waals surface area (Å²) in [7, 11) is 1.33. The SMILES string of the molecule is COC(=O)c1cccc(-c2cnccc2C)c1Cl. The minimum Gasteiger partial charge on any atom is -0.465 e. The van der Waals surface area contributed by atoms with Gasteiger partial charge < -0.3 is 4.74 Å². The summed E-state index contributed by atoms with van der Waals surface area (Å²) in [4.78, 5) is 15.7. The standard InChI is InChI=1S/C14H12ClNO2/c1-9-6-7-16-8-12(9)10-4-3-5-11(13(10)15)14(17)18-2/h3-8H,1-2H3. The van der Waals surface area contributed by atoms with Crippen molar-refractivity contribution in [2.75, 3.05) is 7.11 Å². The van der Waals surface area contributed by atoms with Gasteiger partial charge in [0, 0.05) is 23.5 Å². The van der Waals surface area contributed by atoms with E-state index in [1.165, 1.54) is 7.11 Å². The van der Waals surface area contributed by atoms with E-state index in [2.05, 4.69) is 4.98 Å². The number of benzene rings is 1. The zero-order valence-electron chi connectivity index (χ0n) is 10.1. The maximum atomic E-state index is 11.6. The van der Waals surface area contributed by atoms with Gasteiger partial charge in [-0.3, -0.25) is 4.98 Å². The molecule has 0 amide bonds. The first kappa shape index (κ1) is 12.6. The number of pyridine rings is 1. The van der Waals surface area contributed by atoms with Gasteiger partial charge in [-0.2, -0.15) is 0 Å². The molecule has 0 unspecified atom stereocenters. The Bertz CT molecular complexity index is 596. The number of methoxy groups -OCH3 is 1. The molecule has 4 heteroatoms. The van der Waals surface area contributed by atoms with Gasteiger partial charge in [0.05, 0.1) is 17.7 Å². The predicted molar refractivity (Wildman–Crippen MR) is 70.8 cm³/mol. The van der Waals surface area contributed by atoms with E-state index in [0.717, 1.165) is 16.7 Å². The van der Waals surface area contributed by atoms with Crippen LogP contribution in [0.15, 0.2) is 36.7 Å². The molecule has 0 aliphatic heterocycles. The number of hydrogen-bond donors (Lipinski definition) is 0. The maximum Gasteiger partial charge on any atom is 0.339 e. The molecule has 0 aliphatic rings. The first-order chi connectivity index (χ1) is 8.65. The van der Waals surface area contributed by atoms with Crippen molar-refractivity contribution in [1.29, 1.82) is 0 Å². The highest BCUT2D eigenvalue weighted by molar-refractivity contribution is 6.36. The topological polar surface area (TPSA) is 39.2 Å². The lowest BCUT2D eigenvalue weighted by molar-refractivity contribution is 0.0601. The van der Waals surface area contributed by atoms with Crippen LogP contribution >= 0.6 is 11.6 Å². The molecule has 2 aromatic rings. The van der Waals surface area contributed by atoms with Gasteiger partial charge in [0.2, 0.25) is 0 Å². The number of hydrogen-bond acceptors (Lipinski definition) is 3. The van der Waals surface area contributed by atoms with Crippen molar-refractivity contribution in [2.24, 2.45) is 0 Å². The Labute approximate surface area is 110 Å². The molecular formula is C14H12ClNO2. The number of esters is 1. The van der Waals surface area contributed by atoms with E-state index in [4.69, 9.17) is 16.3 Å². The first-order valence-corrected chi connectivity index (χ1v) is 5.80. The van der Waals surface area contributed by atoms with E-state index in [-0.39, 0.29) is 0 Å². The third kappa shape index (κ3) is 2.22. The number of aromatic nitrogens is 1. The van der Waals surface area contributed by atoms with E-state index >= 15 is 0 Å². The highest BCUT2D eigenvalue weighted by atomic mass is 35.5. The highest BCUT2D eigenvalue weighted by Crippen LogP contribution is 2.32. The molecule has 0 bridgehead atoms. The minimum atomic E-state index is -0.441. The van der Waals surface area contributed by atoms with Crippen molar-refractivity contribution in [3.05, 3.63) is 52.8 Å². The molecule has 0 N–H and O–H groups in total. The number of ether oxygens (including phenoxy) is 1. The average Bonchev–Trinajstić information content (AvgIpc) is 2.39. The minimum absolute atomic E-state index is 0.361. The summed E-state index contributed by atoms with van der Waals surface area (Å²) >= 11 is 6.26. The van der Waals surface area contributed by atoms with Crippen LogP contribution in [0.25, 0.3) is 11.1 Å². The second-order valence-electron chi connectivity index (χ2n) is 3.85. The van der Waals surface area contributed by atoms with Gasteiger partial charge in [-0.1, -0.05) is 23.7 Å². The largest absolute Gasteiger partial charge is 0.465 e. The second-order valence-corrected chi connectivity index (χ2v) is 4.23. The quantitative estimate of drug-likeness (QED) is 0.777. The molecule has 1 aromatic heterocycles. The van der Waals surface area contributed by atoms with Crippen molar-refractivity contribution in [1.82, 2.24) is 4.98 Å². The van der Waals surface area contributed by atoms with Crippen LogP contribution in [0.2, 0.25) is 5.02 Å². The molecule has 0 spiro atoms. The lowest BCUT2D eigenvalue weighted by Gasteiger charge is -2.10. The summed E-state index contributed by atoms with van der Waals surface area (Å²) < 4.78 is 4.70. The Hall–Kier alpha value is -1.87. The Morgan fingerprint density at radius 2 is 2.06 bits per heavy atom. The van der Waals surface area contributed by atoms with Crippen LogP contribution < -0.4 is 0 Å². The van der Waals surface area contributed by atoms with Crippen LogP contribution in [0.5, 0.6) is 0 Å². The van der Waals surface area contributed by atoms with Gasteiger partial charge in [0.15, 0.2) is 0 Å². The lowest BCUT2D eigenvalue weighted by Crippen LogP contribution is -2.02. The first-order valence-electron chi connectivity index (χ1n) is 5.43. The number of carbonyl (C=O) groups is 1. The maximum absolute atomic E-state index is 11.6. The summed E-state index contributed by atoms with van der Waals surface area (Å²) in [5.41, 5.74) is 3.10. The van der Waals surface area contributed by atoms with Crippen molar-refractivity contribution in [2.45, 2.75) is 6.92 Å². The fourth-order valence-electron chi connectivity index (χ4n) is 1.75. The molecule has 2 rings (SSSR count). The van der Waals surface area contributed by atoms with E-state index in [0.29, 0.717) is 10.6 Å². The van der Waals surface area contributed by atoms with E-state index in [9.17, 15) is 4.79 Å². The third-order valence-electron chi connectivity index (χ3n) is 2.73. The summed E-state index contributed by atoms with van der Waals surface area (Å²) in [5.74, 6) is -0.441. The summed E-state index contributed by atoms with van der Waals surface area (Å²) in [5, 5.41) is 0.389. The molecule has 1 heterocycles.